The lowest BCUT2D eigenvalue weighted by Crippen LogP contribution is -2.23. The SMILES string of the molecule is CC(O[SiH2]C(C)(C)C(C)C)c1ccccc1CO. The van der Waals surface area contributed by atoms with Crippen molar-refractivity contribution >= 4 is 9.76 Å². The van der Waals surface area contributed by atoms with Crippen molar-refractivity contribution in [2.24, 2.45) is 5.92 Å². The highest BCUT2D eigenvalue weighted by molar-refractivity contribution is 6.32. The van der Waals surface area contributed by atoms with Crippen LogP contribution in [0.5, 0.6) is 0 Å². The van der Waals surface area contributed by atoms with Crippen molar-refractivity contribution in [1.29, 1.82) is 0 Å². The molecule has 0 saturated carbocycles. The third-order valence-corrected chi connectivity index (χ3v) is 6.16. The van der Waals surface area contributed by atoms with Crippen molar-refractivity contribution < 1.29 is 9.53 Å². The lowest BCUT2D eigenvalue weighted by atomic mass is 9.99. The minimum atomic E-state index is -0.605. The molecule has 1 unspecified atom stereocenters. The molecule has 1 atom stereocenters. The van der Waals surface area contributed by atoms with Crippen LogP contribution in [0.4, 0.5) is 0 Å². The highest BCUT2D eigenvalue weighted by Gasteiger charge is 2.25. The van der Waals surface area contributed by atoms with Crippen molar-refractivity contribution in [3.8, 4) is 0 Å². The minimum Gasteiger partial charge on any atom is -0.417 e. The molecule has 0 radical (unpaired) electrons. The molecule has 0 aliphatic carbocycles. The molecule has 0 saturated heterocycles. The Balaban J connectivity index is 2.68. The van der Waals surface area contributed by atoms with E-state index in [1.54, 1.807) is 0 Å². The smallest absolute Gasteiger partial charge is 0.168 e. The summed E-state index contributed by atoms with van der Waals surface area (Å²) >= 11 is 0. The van der Waals surface area contributed by atoms with Crippen LogP contribution in [0.2, 0.25) is 5.04 Å². The fourth-order valence-electron chi connectivity index (χ4n) is 1.67. The number of rotatable bonds is 6. The van der Waals surface area contributed by atoms with E-state index in [4.69, 9.17) is 4.43 Å². The first-order valence-corrected chi connectivity index (χ1v) is 7.97. The van der Waals surface area contributed by atoms with Gasteiger partial charge in [0.2, 0.25) is 0 Å². The summed E-state index contributed by atoms with van der Waals surface area (Å²) in [6, 6.07) is 7.97. The molecule has 0 fully saturated rings. The van der Waals surface area contributed by atoms with Crippen LogP contribution in [0.25, 0.3) is 0 Å². The van der Waals surface area contributed by atoms with Gasteiger partial charge in [-0.1, -0.05) is 52.0 Å². The number of benzene rings is 1. The summed E-state index contributed by atoms with van der Waals surface area (Å²) in [6.07, 6.45) is 0.0815. The molecule has 0 aliphatic rings. The van der Waals surface area contributed by atoms with E-state index < -0.39 is 9.76 Å². The maximum atomic E-state index is 9.34. The first kappa shape index (κ1) is 15.4. The Morgan fingerprint density at radius 1 is 1.22 bits per heavy atom. The molecule has 0 aliphatic heterocycles. The molecule has 1 rings (SSSR count). The van der Waals surface area contributed by atoms with Crippen LogP contribution in [0.15, 0.2) is 24.3 Å². The summed E-state index contributed by atoms with van der Waals surface area (Å²) in [5.74, 6) is 0.643. The maximum absolute atomic E-state index is 9.34. The van der Waals surface area contributed by atoms with Gasteiger partial charge in [0.05, 0.1) is 12.7 Å². The molecule has 3 heteroatoms. The molecular weight excluding hydrogens is 240 g/mol. The normalized spacial score (nSPS) is 14.6. The van der Waals surface area contributed by atoms with Gasteiger partial charge in [0.25, 0.3) is 0 Å². The van der Waals surface area contributed by atoms with Crippen LogP contribution in [0.3, 0.4) is 0 Å². The molecule has 0 spiro atoms. The molecule has 102 valence electrons. The van der Waals surface area contributed by atoms with Crippen LogP contribution in [0, 0.1) is 5.92 Å². The quantitative estimate of drug-likeness (QED) is 0.801. The lowest BCUT2D eigenvalue weighted by Gasteiger charge is -2.30. The van der Waals surface area contributed by atoms with Crippen LogP contribution in [-0.4, -0.2) is 14.9 Å². The second-order valence-corrected chi connectivity index (χ2v) is 8.40. The number of hydrogen-bond donors (Lipinski definition) is 1. The van der Waals surface area contributed by atoms with E-state index in [1.165, 1.54) is 0 Å². The Labute approximate surface area is 113 Å². The van der Waals surface area contributed by atoms with Gasteiger partial charge in [0.1, 0.15) is 0 Å². The average Bonchev–Trinajstić information content (AvgIpc) is 2.35. The average molecular weight is 266 g/mol. The number of aliphatic hydroxyl groups excluding tert-OH is 1. The van der Waals surface area contributed by atoms with E-state index in [1.807, 2.05) is 24.3 Å². The van der Waals surface area contributed by atoms with Crippen LogP contribution >= 0.6 is 0 Å². The Bertz CT molecular complexity index is 375. The van der Waals surface area contributed by atoms with Crippen LogP contribution in [-0.2, 0) is 11.0 Å². The van der Waals surface area contributed by atoms with Gasteiger partial charge in [-0.3, -0.25) is 0 Å². The third-order valence-electron chi connectivity index (χ3n) is 3.93. The van der Waals surface area contributed by atoms with Crippen molar-refractivity contribution in [3.05, 3.63) is 35.4 Å². The molecule has 0 heterocycles. The summed E-state index contributed by atoms with van der Waals surface area (Å²) in [5, 5.41) is 9.65. The Hall–Kier alpha value is -0.643. The molecular formula is C15H26O2Si. The standard InChI is InChI=1S/C15H26O2Si/c1-11(2)15(4,5)18-17-12(3)14-9-7-6-8-13(14)10-16/h6-9,11-12,16H,10,18H2,1-5H3. The second kappa shape index (κ2) is 6.50. The van der Waals surface area contributed by atoms with E-state index in [0.29, 0.717) is 11.0 Å². The molecule has 1 aromatic rings. The van der Waals surface area contributed by atoms with Crippen molar-refractivity contribution in [3.63, 3.8) is 0 Å². The largest absolute Gasteiger partial charge is 0.417 e. The van der Waals surface area contributed by atoms with E-state index >= 15 is 0 Å². The van der Waals surface area contributed by atoms with E-state index in [-0.39, 0.29) is 12.7 Å². The van der Waals surface area contributed by atoms with Gasteiger partial charge in [0.15, 0.2) is 9.76 Å². The number of aliphatic hydroxyl groups is 1. The molecule has 2 nitrogen and oxygen atoms in total. The van der Waals surface area contributed by atoms with E-state index in [9.17, 15) is 5.11 Å². The molecule has 0 aromatic heterocycles. The van der Waals surface area contributed by atoms with Crippen molar-refractivity contribution in [2.45, 2.75) is 52.4 Å². The number of hydrogen-bond acceptors (Lipinski definition) is 2. The summed E-state index contributed by atoms with van der Waals surface area (Å²) in [7, 11) is -0.605. The molecule has 1 N–H and O–H groups in total. The highest BCUT2D eigenvalue weighted by atomic mass is 28.2. The van der Waals surface area contributed by atoms with Crippen LogP contribution < -0.4 is 0 Å². The summed E-state index contributed by atoms with van der Waals surface area (Å²) in [4.78, 5) is 0. The Kier molecular flexibility index (Phi) is 5.57. The zero-order valence-electron chi connectivity index (χ0n) is 12.2. The van der Waals surface area contributed by atoms with Gasteiger partial charge in [0, 0.05) is 0 Å². The topological polar surface area (TPSA) is 29.5 Å². The monoisotopic (exact) mass is 266 g/mol. The summed E-state index contributed by atoms with van der Waals surface area (Å²) < 4.78 is 6.12. The van der Waals surface area contributed by atoms with Crippen molar-refractivity contribution in [1.82, 2.24) is 0 Å². The van der Waals surface area contributed by atoms with Gasteiger partial charge < -0.3 is 9.53 Å². The van der Waals surface area contributed by atoms with Gasteiger partial charge >= 0.3 is 0 Å². The molecule has 1 aromatic carbocycles. The Morgan fingerprint density at radius 2 is 1.83 bits per heavy atom. The molecule has 0 amide bonds. The third kappa shape index (κ3) is 3.94. The van der Waals surface area contributed by atoms with Gasteiger partial charge in [-0.25, -0.2) is 0 Å². The fourth-order valence-corrected chi connectivity index (χ4v) is 2.86. The predicted octanol–water partition coefficient (Wildman–Crippen LogP) is 3.19. The lowest BCUT2D eigenvalue weighted by molar-refractivity contribution is 0.213. The van der Waals surface area contributed by atoms with Crippen molar-refractivity contribution in [2.75, 3.05) is 0 Å². The van der Waals surface area contributed by atoms with Gasteiger partial charge in [-0.05, 0) is 29.0 Å². The predicted molar refractivity (Wildman–Crippen MR) is 79.3 cm³/mol. The van der Waals surface area contributed by atoms with Gasteiger partial charge in [-0.15, -0.1) is 0 Å². The Morgan fingerprint density at radius 3 is 2.39 bits per heavy atom. The molecule has 0 bridgehead atoms. The second-order valence-electron chi connectivity index (χ2n) is 5.95. The summed E-state index contributed by atoms with van der Waals surface area (Å²) in [5.41, 5.74) is 2.09. The fraction of sp³-hybridized carbons (Fsp3) is 0.600. The molecule has 18 heavy (non-hydrogen) atoms. The van der Waals surface area contributed by atoms with E-state index in [0.717, 1.165) is 11.1 Å². The van der Waals surface area contributed by atoms with E-state index in [2.05, 4.69) is 34.6 Å². The maximum Gasteiger partial charge on any atom is 0.168 e. The summed E-state index contributed by atoms with van der Waals surface area (Å²) in [6.45, 7) is 11.2. The first-order valence-electron chi connectivity index (χ1n) is 6.68. The van der Waals surface area contributed by atoms with Gasteiger partial charge in [-0.2, -0.15) is 0 Å². The van der Waals surface area contributed by atoms with Crippen LogP contribution in [0.1, 0.15) is 51.8 Å². The zero-order valence-corrected chi connectivity index (χ0v) is 13.6. The first-order chi connectivity index (χ1) is 8.38. The zero-order chi connectivity index (χ0) is 13.8. The minimum absolute atomic E-state index is 0.0815. The highest BCUT2D eigenvalue weighted by Crippen LogP contribution is 2.34.